The van der Waals surface area contributed by atoms with Gasteiger partial charge in [-0.15, -0.1) is 0 Å². The molecule has 0 unspecified atom stereocenters. The predicted octanol–water partition coefficient (Wildman–Crippen LogP) is 4.40. The van der Waals surface area contributed by atoms with Gasteiger partial charge in [-0.25, -0.2) is 0 Å². The fourth-order valence-corrected chi connectivity index (χ4v) is 3.00. The summed E-state index contributed by atoms with van der Waals surface area (Å²) in [6, 6.07) is 14.5. The van der Waals surface area contributed by atoms with E-state index in [-0.39, 0.29) is 0 Å². The first kappa shape index (κ1) is 14.4. The Bertz CT molecular complexity index is 684. The van der Waals surface area contributed by atoms with Gasteiger partial charge in [0.2, 0.25) is 0 Å². The van der Waals surface area contributed by atoms with Crippen molar-refractivity contribution in [3.63, 3.8) is 0 Å². The fraction of sp³-hybridized carbons (Fsp3) is 0.235. The zero-order valence-corrected chi connectivity index (χ0v) is 13.5. The van der Waals surface area contributed by atoms with Crippen molar-refractivity contribution in [2.75, 3.05) is 11.9 Å². The third kappa shape index (κ3) is 3.20. The molecular weight excluding hydrogens is 300 g/mol. The van der Waals surface area contributed by atoms with Crippen LogP contribution in [0, 0.1) is 6.92 Å². The van der Waals surface area contributed by atoms with Crippen LogP contribution in [0.5, 0.6) is 0 Å². The van der Waals surface area contributed by atoms with Gasteiger partial charge in [-0.2, -0.15) is 0 Å². The molecule has 0 bridgehead atoms. The number of nitrogens with one attached hydrogen (secondary N) is 1. The highest BCUT2D eigenvalue weighted by Crippen LogP contribution is 2.22. The average Bonchev–Trinajstić information content (AvgIpc) is 2.50. The number of aryl methyl sites for hydroxylation is 1. The van der Waals surface area contributed by atoms with E-state index in [9.17, 15) is 0 Å². The molecule has 0 aliphatic carbocycles. The van der Waals surface area contributed by atoms with E-state index in [2.05, 4.69) is 34.5 Å². The third-order valence-corrected chi connectivity index (χ3v) is 4.61. The van der Waals surface area contributed by atoms with Crippen molar-refractivity contribution in [1.29, 1.82) is 0 Å². The summed E-state index contributed by atoms with van der Waals surface area (Å²) in [5.74, 6) is 0. The van der Waals surface area contributed by atoms with Crippen LogP contribution >= 0.6 is 23.8 Å². The second kappa shape index (κ2) is 6.04. The molecule has 2 aromatic rings. The maximum atomic E-state index is 6.15. The summed E-state index contributed by atoms with van der Waals surface area (Å²) < 4.78 is 0. The maximum absolute atomic E-state index is 6.15. The quantitative estimate of drug-likeness (QED) is 0.785. The van der Waals surface area contributed by atoms with E-state index in [4.69, 9.17) is 23.8 Å². The molecule has 4 heteroatoms. The standard InChI is InChI=1S/C17H17ClN2S/c1-12-6-7-15(10-16(12)18)19-17(21)20-9-8-13-4-2-3-5-14(13)11-20/h2-7,10H,8-9,11H2,1H3,(H,19,21). The average molecular weight is 317 g/mol. The number of rotatable bonds is 1. The summed E-state index contributed by atoms with van der Waals surface area (Å²) in [4.78, 5) is 2.20. The zero-order chi connectivity index (χ0) is 14.8. The van der Waals surface area contributed by atoms with Crippen molar-refractivity contribution in [2.24, 2.45) is 0 Å². The minimum absolute atomic E-state index is 0.754. The molecule has 1 heterocycles. The minimum Gasteiger partial charge on any atom is -0.344 e. The van der Waals surface area contributed by atoms with E-state index >= 15 is 0 Å². The summed E-state index contributed by atoms with van der Waals surface area (Å²) >= 11 is 11.7. The molecule has 1 N–H and O–H groups in total. The third-order valence-electron chi connectivity index (χ3n) is 3.84. The van der Waals surface area contributed by atoms with E-state index in [1.807, 2.05) is 25.1 Å². The lowest BCUT2D eigenvalue weighted by Crippen LogP contribution is -2.38. The number of nitrogens with zero attached hydrogens (tertiary/aromatic N) is 1. The molecule has 21 heavy (non-hydrogen) atoms. The van der Waals surface area contributed by atoms with E-state index in [0.29, 0.717) is 0 Å². The molecule has 1 aliphatic rings. The highest BCUT2D eigenvalue weighted by Gasteiger charge is 2.17. The molecular formula is C17H17ClN2S. The lowest BCUT2D eigenvalue weighted by molar-refractivity contribution is 0.399. The normalized spacial score (nSPS) is 13.7. The summed E-state index contributed by atoms with van der Waals surface area (Å²) in [5.41, 5.74) is 4.79. The summed E-state index contributed by atoms with van der Waals surface area (Å²) in [7, 11) is 0. The van der Waals surface area contributed by atoms with Gasteiger partial charge < -0.3 is 10.2 Å². The monoisotopic (exact) mass is 316 g/mol. The molecule has 0 saturated heterocycles. The number of thiocarbonyl (C=S) groups is 1. The molecule has 0 fully saturated rings. The Morgan fingerprint density at radius 2 is 1.95 bits per heavy atom. The van der Waals surface area contributed by atoms with Crippen molar-refractivity contribution >= 4 is 34.6 Å². The Hall–Kier alpha value is -1.58. The first-order valence-corrected chi connectivity index (χ1v) is 7.81. The van der Waals surface area contributed by atoms with E-state index in [1.165, 1.54) is 11.1 Å². The van der Waals surface area contributed by atoms with Gasteiger partial charge in [0.25, 0.3) is 0 Å². The zero-order valence-electron chi connectivity index (χ0n) is 11.9. The Balaban J connectivity index is 1.70. The van der Waals surface area contributed by atoms with Crippen LogP contribution in [0.2, 0.25) is 5.02 Å². The molecule has 2 nitrogen and oxygen atoms in total. The largest absolute Gasteiger partial charge is 0.344 e. The van der Waals surface area contributed by atoms with Crippen LogP contribution in [0.4, 0.5) is 5.69 Å². The first-order valence-electron chi connectivity index (χ1n) is 7.02. The first-order chi connectivity index (χ1) is 10.1. The van der Waals surface area contributed by atoms with Gasteiger partial charge in [0.1, 0.15) is 0 Å². The second-order valence-electron chi connectivity index (χ2n) is 5.33. The number of anilines is 1. The van der Waals surface area contributed by atoms with Crippen LogP contribution in [0.15, 0.2) is 42.5 Å². The van der Waals surface area contributed by atoms with Gasteiger partial charge in [-0.1, -0.05) is 41.9 Å². The van der Waals surface area contributed by atoms with Crippen LogP contribution in [0.1, 0.15) is 16.7 Å². The van der Waals surface area contributed by atoms with Crippen LogP contribution < -0.4 is 5.32 Å². The number of halogens is 1. The van der Waals surface area contributed by atoms with Crippen molar-refractivity contribution in [2.45, 2.75) is 19.9 Å². The molecule has 3 rings (SSSR count). The molecule has 0 amide bonds. The Kier molecular flexibility index (Phi) is 4.13. The summed E-state index contributed by atoms with van der Waals surface area (Å²) in [6.45, 7) is 3.80. The molecule has 0 atom stereocenters. The smallest absolute Gasteiger partial charge is 0.173 e. The maximum Gasteiger partial charge on any atom is 0.173 e. The molecule has 0 spiro atoms. The summed E-state index contributed by atoms with van der Waals surface area (Å²) in [5, 5.41) is 4.79. The number of benzene rings is 2. The number of hydrogen-bond donors (Lipinski definition) is 1. The van der Waals surface area contributed by atoms with Crippen molar-refractivity contribution in [3.8, 4) is 0 Å². The van der Waals surface area contributed by atoms with Crippen molar-refractivity contribution in [1.82, 2.24) is 4.90 Å². The van der Waals surface area contributed by atoms with E-state index in [1.54, 1.807) is 0 Å². The van der Waals surface area contributed by atoms with Crippen LogP contribution in [-0.4, -0.2) is 16.6 Å². The van der Waals surface area contributed by atoms with Crippen molar-refractivity contribution < 1.29 is 0 Å². The highest BCUT2D eigenvalue weighted by atomic mass is 35.5. The lowest BCUT2D eigenvalue weighted by atomic mass is 10.0. The van der Waals surface area contributed by atoms with Gasteiger partial charge in [0.05, 0.1) is 0 Å². The highest BCUT2D eigenvalue weighted by molar-refractivity contribution is 7.80. The molecule has 0 saturated carbocycles. The Morgan fingerprint density at radius 3 is 2.71 bits per heavy atom. The van der Waals surface area contributed by atoms with Gasteiger partial charge in [-0.05, 0) is 54.4 Å². The number of fused-ring (bicyclic) bond motifs is 1. The van der Waals surface area contributed by atoms with Gasteiger partial charge >= 0.3 is 0 Å². The molecule has 1 aliphatic heterocycles. The summed E-state index contributed by atoms with van der Waals surface area (Å²) in [6.07, 6.45) is 1.03. The SMILES string of the molecule is Cc1ccc(NC(=S)N2CCc3ccccc3C2)cc1Cl. The topological polar surface area (TPSA) is 15.3 Å². The van der Waals surface area contributed by atoms with Gasteiger partial charge in [0, 0.05) is 23.8 Å². The van der Waals surface area contributed by atoms with Crippen LogP contribution in [0.3, 0.4) is 0 Å². The fourth-order valence-electron chi connectivity index (χ4n) is 2.54. The van der Waals surface area contributed by atoms with E-state index in [0.717, 1.165) is 40.9 Å². The Morgan fingerprint density at radius 1 is 1.19 bits per heavy atom. The van der Waals surface area contributed by atoms with Gasteiger partial charge in [0.15, 0.2) is 5.11 Å². The van der Waals surface area contributed by atoms with Crippen LogP contribution in [-0.2, 0) is 13.0 Å². The minimum atomic E-state index is 0.754. The molecule has 108 valence electrons. The Labute approximate surface area is 135 Å². The van der Waals surface area contributed by atoms with E-state index < -0.39 is 0 Å². The number of hydrogen-bond acceptors (Lipinski definition) is 1. The molecule has 0 aromatic heterocycles. The molecule has 2 aromatic carbocycles. The second-order valence-corrected chi connectivity index (χ2v) is 6.13. The van der Waals surface area contributed by atoms with Crippen molar-refractivity contribution in [3.05, 3.63) is 64.2 Å². The van der Waals surface area contributed by atoms with Crippen LogP contribution in [0.25, 0.3) is 0 Å². The molecule has 0 radical (unpaired) electrons. The predicted molar refractivity (Wildman–Crippen MR) is 93.0 cm³/mol. The van der Waals surface area contributed by atoms with Gasteiger partial charge in [-0.3, -0.25) is 0 Å². The lowest BCUT2D eigenvalue weighted by Gasteiger charge is -2.31.